The van der Waals surface area contributed by atoms with Crippen molar-refractivity contribution in [3.8, 4) is 11.3 Å². The van der Waals surface area contributed by atoms with Crippen LogP contribution in [0.3, 0.4) is 0 Å². The number of hydrogen-bond acceptors (Lipinski definition) is 7. The second-order valence-corrected chi connectivity index (χ2v) is 8.76. The van der Waals surface area contributed by atoms with Crippen molar-refractivity contribution < 1.29 is 4.79 Å². The van der Waals surface area contributed by atoms with Gasteiger partial charge in [-0.3, -0.25) is 9.48 Å². The first kappa shape index (κ1) is 21.2. The van der Waals surface area contributed by atoms with Gasteiger partial charge in [0, 0.05) is 55.6 Å². The quantitative estimate of drug-likeness (QED) is 0.503. The van der Waals surface area contributed by atoms with Crippen LogP contribution in [0.15, 0.2) is 43.0 Å². The van der Waals surface area contributed by atoms with Gasteiger partial charge in [-0.05, 0) is 38.8 Å². The van der Waals surface area contributed by atoms with Gasteiger partial charge < -0.3 is 10.2 Å². The molecule has 1 aliphatic rings. The van der Waals surface area contributed by atoms with Crippen molar-refractivity contribution in [1.29, 1.82) is 0 Å². The van der Waals surface area contributed by atoms with E-state index in [9.17, 15) is 4.79 Å². The molecule has 0 atom stereocenters. The number of anilines is 1. The standard InChI is InChI=1S/C23H27N9O/c1-15(2)31-8-6-18(7-9-31)32-14-21(28-29-32)23(33)27-22-10-20-16(11-24-22)4-5-19(26-20)17-12-25-30(3)13-17/h4-5,10-15,18H,6-9H2,1-3H3,(H,24,27,33). The first-order valence-corrected chi connectivity index (χ1v) is 11.2. The SMILES string of the molecule is CC(C)N1CCC(n2cc(C(=O)Nc3cc4nc(-c5cnn(C)c5)ccc4cn3)nn2)CC1. The number of fused-ring (bicyclic) bond motifs is 1. The molecule has 0 radical (unpaired) electrons. The topological polar surface area (TPSA) is 107 Å². The van der Waals surface area contributed by atoms with E-state index < -0.39 is 0 Å². The van der Waals surface area contributed by atoms with Gasteiger partial charge in [-0.15, -0.1) is 5.10 Å². The molecule has 1 fully saturated rings. The average Bonchev–Trinajstić information content (AvgIpc) is 3.48. The molecule has 0 unspecified atom stereocenters. The zero-order valence-electron chi connectivity index (χ0n) is 19.0. The summed E-state index contributed by atoms with van der Waals surface area (Å²) in [6.45, 7) is 6.49. The number of carbonyl (C=O) groups excluding carboxylic acids is 1. The molecule has 10 heteroatoms. The van der Waals surface area contributed by atoms with Gasteiger partial charge in [0.05, 0.1) is 29.6 Å². The third kappa shape index (κ3) is 4.47. The highest BCUT2D eigenvalue weighted by Gasteiger charge is 2.24. The largest absolute Gasteiger partial charge is 0.305 e. The van der Waals surface area contributed by atoms with Gasteiger partial charge in [0.15, 0.2) is 5.69 Å². The predicted octanol–water partition coefficient (Wildman–Crippen LogP) is 2.92. The Bertz CT molecular complexity index is 1280. The maximum absolute atomic E-state index is 12.8. The Morgan fingerprint density at radius 3 is 2.70 bits per heavy atom. The molecule has 1 N–H and O–H groups in total. The predicted molar refractivity (Wildman–Crippen MR) is 125 cm³/mol. The van der Waals surface area contributed by atoms with E-state index in [1.807, 2.05) is 30.1 Å². The number of amides is 1. The summed E-state index contributed by atoms with van der Waals surface area (Å²) in [5.41, 5.74) is 2.76. The lowest BCUT2D eigenvalue weighted by Gasteiger charge is -2.34. The zero-order valence-corrected chi connectivity index (χ0v) is 19.0. The summed E-state index contributed by atoms with van der Waals surface area (Å²) in [6, 6.07) is 6.47. The van der Waals surface area contributed by atoms with Crippen LogP contribution in [-0.2, 0) is 7.05 Å². The highest BCUT2D eigenvalue weighted by molar-refractivity contribution is 6.02. The minimum atomic E-state index is -0.337. The van der Waals surface area contributed by atoms with Gasteiger partial charge in [-0.2, -0.15) is 5.10 Å². The van der Waals surface area contributed by atoms with Gasteiger partial charge in [-0.25, -0.2) is 14.6 Å². The van der Waals surface area contributed by atoms with E-state index in [-0.39, 0.29) is 17.6 Å². The van der Waals surface area contributed by atoms with E-state index in [4.69, 9.17) is 4.98 Å². The molecule has 4 aromatic heterocycles. The number of aromatic nitrogens is 7. The summed E-state index contributed by atoms with van der Waals surface area (Å²) < 4.78 is 3.56. The molecule has 0 spiro atoms. The van der Waals surface area contributed by atoms with Crippen LogP contribution in [0, 0.1) is 0 Å². The second-order valence-electron chi connectivity index (χ2n) is 8.76. The van der Waals surface area contributed by atoms with Crippen LogP contribution in [-0.4, -0.2) is 64.7 Å². The monoisotopic (exact) mass is 445 g/mol. The van der Waals surface area contributed by atoms with Crippen LogP contribution < -0.4 is 5.32 Å². The summed E-state index contributed by atoms with van der Waals surface area (Å²) >= 11 is 0. The fourth-order valence-corrected chi connectivity index (χ4v) is 4.21. The van der Waals surface area contributed by atoms with Gasteiger partial charge in [0.25, 0.3) is 5.91 Å². The van der Waals surface area contributed by atoms with E-state index in [0.29, 0.717) is 11.9 Å². The van der Waals surface area contributed by atoms with Gasteiger partial charge in [-0.1, -0.05) is 5.21 Å². The Hall–Kier alpha value is -3.66. The fourth-order valence-electron chi connectivity index (χ4n) is 4.21. The average molecular weight is 446 g/mol. The summed E-state index contributed by atoms with van der Waals surface area (Å²) in [6.07, 6.45) is 9.11. The van der Waals surface area contributed by atoms with Gasteiger partial charge in [0.1, 0.15) is 5.82 Å². The molecule has 0 bridgehead atoms. The molecular formula is C23H27N9O. The molecule has 0 aliphatic carbocycles. The van der Waals surface area contributed by atoms with E-state index in [2.05, 4.69) is 44.5 Å². The van der Waals surface area contributed by atoms with Crippen molar-refractivity contribution in [3.05, 3.63) is 48.7 Å². The molecule has 0 saturated carbocycles. The number of carbonyl (C=O) groups is 1. The minimum absolute atomic E-state index is 0.267. The molecule has 10 nitrogen and oxygen atoms in total. The zero-order chi connectivity index (χ0) is 22.9. The minimum Gasteiger partial charge on any atom is -0.305 e. The third-order valence-corrected chi connectivity index (χ3v) is 6.16. The molecule has 170 valence electrons. The number of nitrogens with zero attached hydrogens (tertiary/aromatic N) is 8. The Labute approximate surface area is 191 Å². The number of likely N-dealkylation sites (tertiary alicyclic amines) is 1. The van der Waals surface area contributed by atoms with Crippen LogP contribution in [0.4, 0.5) is 5.82 Å². The highest BCUT2D eigenvalue weighted by Crippen LogP contribution is 2.24. The van der Waals surface area contributed by atoms with Crippen LogP contribution in [0.5, 0.6) is 0 Å². The molecule has 33 heavy (non-hydrogen) atoms. The Morgan fingerprint density at radius 1 is 1.15 bits per heavy atom. The molecular weight excluding hydrogens is 418 g/mol. The lowest BCUT2D eigenvalue weighted by molar-refractivity contribution is 0.102. The van der Waals surface area contributed by atoms with E-state index in [0.717, 1.165) is 48.1 Å². The first-order chi connectivity index (χ1) is 16.0. The number of rotatable bonds is 5. The Morgan fingerprint density at radius 2 is 1.97 bits per heavy atom. The maximum atomic E-state index is 12.8. The van der Waals surface area contributed by atoms with Crippen LogP contribution in [0.2, 0.25) is 0 Å². The van der Waals surface area contributed by atoms with Crippen LogP contribution >= 0.6 is 0 Å². The number of nitrogens with one attached hydrogen (secondary N) is 1. The molecule has 5 rings (SSSR count). The van der Waals surface area contributed by atoms with E-state index >= 15 is 0 Å². The molecule has 1 saturated heterocycles. The lowest BCUT2D eigenvalue weighted by atomic mass is 10.0. The summed E-state index contributed by atoms with van der Waals surface area (Å²) in [5, 5.41) is 16.2. The van der Waals surface area contributed by atoms with Crippen molar-refractivity contribution in [2.45, 2.75) is 38.8 Å². The number of piperidine rings is 1. The smallest absolute Gasteiger partial charge is 0.278 e. The van der Waals surface area contributed by atoms with Crippen molar-refractivity contribution in [2.75, 3.05) is 18.4 Å². The highest BCUT2D eigenvalue weighted by atomic mass is 16.2. The maximum Gasteiger partial charge on any atom is 0.278 e. The van der Waals surface area contributed by atoms with Crippen LogP contribution in [0.1, 0.15) is 43.2 Å². The number of hydrogen-bond donors (Lipinski definition) is 1. The summed E-state index contributed by atoms with van der Waals surface area (Å²) in [4.78, 5) is 24.3. The second kappa shape index (κ2) is 8.70. The van der Waals surface area contributed by atoms with Crippen molar-refractivity contribution in [2.24, 2.45) is 7.05 Å². The van der Waals surface area contributed by atoms with Crippen molar-refractivity contribution in [1.82, 2.24) is 39.6 Å². The van der Waals surface area contributed by atoms with Gasteiger partial charge >= 0.3 is 0 Å². The molecule has 1 aliphatic heterocycles. The number of aryl methyl sites for hydroxylation is 1. The van der Waals surface area contributed by atoms with Crippen molar-refractivity contribution in [3.63, 3.8) is 0 Å². The molecule has 1 amide bonds. The van der Waals surface area contributed by atoms with Crippen molar-refractivity contribution >= 4 is 22.6 Å². The molecule has 0 aromatic carbocycles. The Balaban J connectivity index is 1.29. The Kier molecular flexibility index (Phi) is 5.59. The molecule has 5 heterocycles. The van der Waals surface area contributed by atoms with Gasteiger partial charge in [0.2, 0.25) is 0 Å². The van der Waals surface area contributed by atoms with E-state index in [1.54, 1.807) is 29.3 Å². The third-order valence-electron chi connectivity index (χ3n) is 6.16. The van der Waals surface area contributed by atoms with E-state index in [1.165, 1.54) is 0 Å². The summed E-state index contributed by atoms with van der Waals surface area (Å²) in [7, 11) is 1.87. The fraction of sp³-hybridized carbons (Fsp3) is 0.391. The first-order valence-electron chi connectivity index (χ1n) is 11.2. The number of pyridine rings is 2. The molecule has 4 aromatic rings. The normalized spacial score (nSPS) is 15.4. The summed E-state index contributed by atoms with van der Waals surface area (Å²) in [5.74, 6) is 0.0826. The lowest BCUT2D eigenvalue weighted by Crippen LogP contribution is -2.39. The van der Waals surface area contributed by atoms with Crippen LogP contribution in [0.25, 0.3) is 22.2 Å².